The number of hydrogen-bond donors (Lipinski definition) is 3. The molecule has 1 aromatic heterocycles. The van der Waals surface area contributed by atoms with Crippen LogP contribution in [0.3, 0.4) is 0 Å². The smallest absolute Gasteiger partial charge is 0.0831 e. The number of anilines is 1. The van der Waals surface area contributed by atoms with Crippen LogP contribution in [0.1, 0.15) is 48.9 Å². The summed E-state index contributed by atoms with van der Waals surface area (Å²) in [5.41, 5.74) is 8.17. The van der Waals surface area contributed by atoms with E-state index in [9.17, 15) is 5.11 Å². The summed E-state index contributed by atoms with van der Waals surface area (Å²) in [6.45, 7) is 10.3. The van der Waals surface area contributed by atoms with E-state index < -0.39 is 11.6 Å². The van der Waals surface area contributed by atoms with Crippen molar-refractivity contribution in [2.75, 3.05) is 5.32 Å². The van der Waals surface area contributed by atoms with Gasteiger partial charge in [-0.25, -0.2) is 0 Å². The van der Waals surface area contributed by atoms with Crippen LogP contribution in [-0.2, 0) is 0 Å². The number of aromatic amines is 1. The predicted molar refractivity (Wildman–Crippen MR) is 113 cm³/mol. The first-order valence-corrected chi connectivity index (χ1v) is 9.43. The molecule has 0 spiro atoms. The highest BCUT2D eigenvalue weighted by Crippen LogP contribution is 2.46. The van der Waals surface area contributed by atoms with Crippen molar-refractivity contribution in [2.45, 2.75) is 52.2 Å². The van der Waals surface area contributed by atoms with Gasteiger partial charge in [-0.3, -0.25) is 0 Å². The molecule has 3 N–H and O–H groups in total. The van der Waals surface area contributed by atoms with Gasteiger partial charge in [-0.1, -0.05) is 31.0 Å². The number of aliphatic hydroxyl groups excluding tert-OH is 1. The fourth-order valence-corrected chi connectivity index (χ4v) is 4.53. The van der Waals surface area contributed by atoms with E-state index in [0.717, 1.165) is 39.0 Å². The number of rotatable bonds is 1. The average Bonchev–Trinajstić information content (AvgIpc) is 3.01. The quantitative estimate of drug-likeness (QED) is 0.530. The van der Waals surface area contributed by atoms with Crippen LogP contribution in [0.15, 0.2) is 30.5 Å². The van der Waals surface area contributed by atoms with Crippen LogP contribution < -0.4 is 5.32 Å². The maximum Gasteiger partial charge on any atom is 0.0831 e. The zero-order valence-corrected chi connectivity index (χ0v) is 16.6. The van der Waals surface area contributed by atoms with E-state index in [-0.39, 0.29) is 5.92 Å². The molecule has 0 saturated heterocycles. The Bertz CT molecular complexity index is 1100. The van der Waals surface area contributed by atoms with E-state index in [1.165, 1.54) is 10.9 Å². The minimum atomic E-state index is -0.518. The number of terminal acetylenes is 1. The molecule has 2 heterocycles. The fraction of sp³-hybridized carbons (Fsp3) is 0.333. The summed E-state index contributed by atoms with van der Waals surface area (Å²) in [7, 11) is 0. The summed E-state index contributed by atoms with van der Waals surface area (Å²) in [6.07, 6.45) is 7.53. The Labute approximate surface area is 160 Å². The van der Waals surface area contributed by atoms with Gasteiger partial charge in [0.2, 0.25) is 0 Å². The lowest BCUT2D eigenvalue weighted by molar-refractivity contribution is 0.0868. The number of H-pyrrole nitrogens is 1. The summed E-state index contributed by atoms with van der Waals surface area (Å²) in [6, 6.07) is 8.49. The molecule has 0 bridgehead atoms. The molecule has 0 fully saturated rings. The van der Waals surface area contributed by atoms with Gasteiger partial charge in [0, 0.05) is 39.9 Å². The molecule has 4 rings (SSSR count). The highest BCUT2D eigenvalue weighted by molar-refractivity contribution is 5.98. The molecule has 2 aromatic carbocycles. The third-order valence-corrected chi connectivity index (χ3v) is 6.04. The van der Waals surface area contributed by atoms with Crippen LogP contribution in [0.25, 0.3) is 22.0 Å². The number of aromatic nitrogens is 1. The minimum Gasteiger partial charge on any atom is -0.390 e. The lowest BCUT2D eigenvalue weighted by Crippen LogP contribution is -2.50. The van der Waals surface area contributed by atoms with Crippen molar-refractivity contribution in [2.24, 2.45) is 0 Å². The van der Waals surface area contributed by atoms with Gasteiger partial charge in [0.05, 0.1) is 17.2 Å². The van der Waals surface area contributed by atoms with Crippen LogP contribution in [0.5, 0.6) is 0 Å². The van der Waals surface area contributed by atoms with Crippen LogP contribution in [-0.4, -0.2) is 21.7 Å². The Morgan fingerprint density at radius 3 is 2.59 bits per heavy atom. The number of benzene rings is 2. The molecule has 0 amide bonds. The average molecular weight is 358 g/mol. The second-order valence-electron chi connectivity index (χ2n) is 8.33. The van der Waals surface area contributed by atoms with E-state index >= 15 is 0 Å². The largest absolute Gasteiger partial charge is 0.390 e. The molecule has 1 aliphatic rings. The van der Waals surface area contributed by atoms with Gasteiger partial charge in [0.25, 0.3) is 0 Å². The van der Waals surface area contributed by atoms with Gasteiger partial charge in [0.15, 0.2) is 0 Å². The Balaban J connectivity index is 2.05. The van der Waals surface area contributed by atoms with Crippen LogP contribution in [0.4, 0.5) is 5.69 Å². The van der Waals surface area contributed by atoms with E-state index in [4.69, 9.17) is 6.42 Å². The van der Waals surface area contributed by atoms with Crippen molar-refractivity contribution in [3.63, 3.8) is 0 Å². The van der Waals surface area contributed by atoms with E-state index in [2.05, 4.69) is 61.3 Å². The SMILES string of the molecule is C#Cc1c(-c2cccc3c(C)c[nH]c23)cc(C)c2c1[C@@H](C)[C@H](O)C(C)(C)N2. The number of aryl methyl sites for hydroxylation is 2. The van der Waals surface area contributed by atoms with Gasteiger partial charge >= 0.3 is 0 Å². The number of fused-ring (bicyclic) bond motifs is 2. The molecule has 1 aliphatic heterocycles. The molecule has 0 unspecified atom stereocenters. The maximum absolute atomic E-state index is 10.9. The van der Waals surface area contributed by atoms with Crippen LogP contribution >= 0.6 is 0 Å². The first-order chi connectivity index (χ1) is 12.8. The molecule has 138 valence electrons. The Morgan fingerprint density at radius 1 is 1.15 bits per heavy atom. The van der Waals surface area contributed by atoms with Crippen molar-refractivity contribution in [1.82, 2.24) is 4.98 Å². The molecule has 3 nitrogen and oxygen atoms in total. The zero-order chi connectivity index (χ0) is 19.5. The Morgan fingerprint density at radius 2 is 1.89 bits per heavy atom. The molecule has 3 aromatic rings. The van der Waals surface area contributed by atoms with E-state index in [1.54, 1.807) is 0 Å². The highest BCUT2D eigenvalue weighted by Gasteiger charge is 2.40. The van der Waals surface area contributed by atoms with Crippen LogP contribution in [0, 0.1) is 26.2 Å². The number of para-hydroxylation sites is 1. The zero-order valence-electron chi connectivity index (χ0n) is 16.6. The second kappa shape index (κ2) is 5.90. The molecular formula is C24H26N2O. The van der Waals surface area contributed by atoms with Crippen molar-refractivity contribution in [3.8, 4) is 23.5 Å². The molecule has 0 saturated carbocycles. The topological polar surface area (TPSA) is 48.0 Å². The second-order valence-corrected chi connectivity index (χ2v) is 8.33. The monoisotopic (exact) mass is 358 g/mol. The Hall–Kier alpha value is -2.70. The van der Waals surface area contributed by atoms with Gasteiger partial charge < -0.3 is 15.4 Å². The van der Waals surface area contributed by atoms with Gasteiger partial charge in [-0.2, -0.15) is 0 Å². The molecular weight excluding hydrogens is 332 g/mol. The number of aliphatic hydroxyl groups is 1. The first-order valence-electron chi connectivity index (χ1n) is 9.43. The summed E-state index contributed by atoms with van der Waals surface area (Å²) in [5, 5.41) is 15.6. The summed E-state index contributed by atoms with van der Waals surface area (Å²) < 4.78 is 0. The third-order valence-electron chi connectivity index (χ3n) is 6.04. The predicted octanol–water partition coefficient (Wildman–Crippen LogP) is 5.10. The van der Waals surface area contributed by atoms with E-state index in [1.807, 2.05) is 20.0 Å². The number of hydrogen-bond acceptors (Lipinski definition) is 2. The molecule has 27 heavy (non-hydrogen) atoms. The van der Waals surface area contributed by atoms with Gasteiger partial charge in [-0.05, 0) is 50.5 Å². The van der Waals surface area contributed by atoms with Crippen LogP contribution in [0.2, 0.25) is 0 Å². The summed E-state index contributed by atoms with van der Waals surface area (Å²) in [4.78, 5) is 3.41. The van der Waals surface area contributed by atoms with Gasteiger partial charge in [0.1, 0.15) is 0 Å². The normalized spacial score (nSPS) is 20.8. The molecule has 0 aliphatic carbocycles. The van der Waals surface area contributed by atoms with Crippen molar-refractivity contribution >= 4 is 16.6 Å². The van der Waals surface area contributed by atoms with Crippen molar-refractivity contribution < 1.29 is 5.11 Å². The lowest BCUT2D eigenvalue weighted by atomic mass is 9.75. The molecule has 3 heteroatoms. The highest BCUT2D eigenvalue weighted by atomic mass is 16.3. The van der Waals surface area contributed by atoms with Crippen molar-refractivity contribution in [1.29, 1.82) is 0 Å². The minimum absolute atomic E-state index is 0.0504. The molecule has 0 radical (unpaired) electrons. The Kier molecular flexibility index (Phi) is 3.87. The van der Waals surface area contributed by atoms with E-state index in [0.29, 0.717) is 0 Å². The molecule has 2 atom stereocenters. The van der Waals surface area contributed by atoms with Gasteiger partial charge in [-0.15, -0.1) is 6.42 Å². The number of nitrogens with one attached hydrogen (secondary N) is 2. The van der Waals surface area contributed by atoms with Crippen molar-refractivity contribution in [3.05, 3.63) is 52.7 Å². The maximum atomic E-state index is 10.9. The summed E-state index contributed by atoms with van der Waals surface area (Å²) in [5.74, 6) is 2.88. The first kappa shape index (κ1) is 17.7. The summed E-state index contributed by atoms with van der Waals surface area (Å²) >= 11 is 0. The fourth-order valence-electron chi connectivity index (χ4n) is 4.53. The lowest BCUT2D eigenvalue weighted by Gasteiger charge is -2.43. The standard InChI is InChI=1S/C24H26N2O/c1-7-16-19(18-10-8-9-17-14(3)12-25-22(17)18)11-13(2)21-20(16)15(4)23(27)24(5,6)26-21/h1,8-12,15,23,25-27H,2-6H3/t15-,23+/m1/s1. The third kappa shape index (κ3) is 2.48.